The lowest BCUT2D eigenvalue weighted by atomic mass is 9.80. The molecular formula is C23H27NO3S. The van der Waals surface area contributed by atoms with E-state index in [9.17, 15) is 4.79 Å². The highest BCUT2D eigenvalue weighted by Crippen LogP contribution is 2.38. The summed E-state index contributed by atoms with van der Waals surface area (Å²) in [7, 11) is 1.77. The van der Waals surface area contributed by atoms with Gasteiger partial charge in [0, 0.05) is 4.90 Å². The van der Waals surface area contributed by atoms with Gasteiger partial charge in [-0.1, -0.05) is 30.0 Å². The van der Waals surface area contributed by atoms with E-state index in [0.29, 0.717) is 17.4 Å². The Balaban J connectivity index is 1.27. The van der Waals surface area contributed by atoms with Crippen LogP contribution in [0.25, 0.3) is 0 Å². The Morgan fingerprint density at radius 3 is 3.07 bits per heavy atom. The molecule has 0 saturated carbocycles. The second kappa shape index (κ2) is 9.01. The standard InChI is InChI=1S/C23H27NO3S/c1-26-21-7-3-5-18-17(4-2-6-19(18)21)11-13-24-12-10-16-8-9-20-22(14-16)28-15-27-23(20)25/h3,5,7-9,14,17,24H,2,4,6,10-13,15H2,1H3. The minimum atomic E-state index is -0.206. The summed E-state index contributed by atoms with van der Waals surface area (Å²) in [6.45, 7) is 1.97. The molecule has 28 heavy (non-hydrogen) atoms. The van der Waals surface area contributed by atoms with Gasteiger partial charge < -0.3 is 14.8 Å². The fraction of sp³-hybridized carbons (Fsp3) is 0.435. The molecule has 0 spiro atoms. The van der Waals surface area contributed by atoms with Crippen molar-refractivity contribution in [2.45, 2.75) is 42.9 Å². The summed E-state index contributed by atoms with van der Waals surface area (Å²) in [5, 5.41) is 3.60. The third kappa shape index (κ3) is 4.20. The minimum Gasteiger partial charge on any atom is -0.496 e. The van der Waals surface area contributed by atoms with Crippen molar-refractivity contribution < 1.29 is 14.3 Å². The highest BCUT2D eigenvalue weighted by atomic mass is 32.2. The van der Waals surface area contributed by atoms with Crippen molar-refractivity contribution in [1.29, 1.82) is 0 Å². The first-order valence-corrected chi connectivity index (χ1v) is 11.0. The zero-order valence-electron chi connectivity index (χ0n) is 16.3. The van der Waals surface area contributed by atoms with Gasteiger partial charge in [-0.2, -0.15) is 0 Å². The molecule has 0 amide bonds. The van der Waals surface area contributed by atoms with Crippen molar-refractivity contribution in [2.75, 3.05) is 26.1 Å². The number of cyclic esters (lactones) is 1. The molecule has 148 valence electrons. The summed E-state index contributed by atoms with van der Waals surface area (Å²) in [6, 6.07) is 12.5. The monoisotopic (exact) mass is 397 g/mol. The molecule has 2 aromatic rings. The Bertz CT molecular complexity index is 852. The molecule has 2 aromatic carbocycles. The number of thioether (sulfide) groups is 1. The largest absolute Gasteiger partial charge is 0.496 e. The lowest BCUT2D eigenvalue weighted by Gasteiger charge is -2.27. The summed E-state index contributed by atoms with van der Waals surface area (Å²) in [6.07, 6.45) is 5.77. The van der Waals surface area contributed by atoms with Crippen molar-refractivity contribution in [3.63, 3.8) is 0 Å². The quantitative estimate of drug-likeness (QED) is 0.548. The Labute approximate surface area is 171 Å². The third-order valence-electron chi connectivity index (χ3n) is 5.74. The normalized spacial score (nSPS) is 18.2. The van der Waals surface area contributed by atoms with Crippen molar-refractivity contribution in [3.05, 3.63) is 58.7 Å². The van der Waals surface area contributed by atoms with Crippen LogP contribution in [0.1, 0.15) is 52.2 Å². The van der Waals surface area contributed by atoms with Gasteiger partial charge in [0.15, 0.2) is 0 Å². The molecule has 0 bridgehead atoms. The fourth-order valence-corrected chi connectivity index (χ4v) is 5.11. The van der Waals surface area contributed by atoms with Gasteiger partial charge in [0.1, 0.15) is 11.7 Å². The molecule has 0 fully saturated rings. The molecule has 1 heterocycles. The topological polar surface area (TPSA) is 47.6 Å². The van der Waals surface area contributed by atoms with E-state index in [1.54, 1.807) is 18.9 Å². The number of carbonyl (C=O) groups excluding carboxylic acids is 1. The Morgan fingerprint density at radius 1 is 1.25 bits per heavy atom. The predicted octanol–water partition coefficient (Wildman–Crippen LogP) is 4.56. The number of hydrogen-bond acceptors (Lipinski definition) is 5. The Morgan fingerprint density at radius 2 is 2.18 bits per heavy atom. The zero-order chi connectivity index (χ0) is 19.3. The van der Waals surface area contributed by atoms with E-state index in [1.807, 2.05) is 12.1 Å². The van der Waals surface area contributed by atoms with Crippen LogP contribution in [-0.2, 0) is 17.6 Å². The summed E-state index contributed by atoms with van der Waals surface area (Å²) < 4.78 is 10.6. The van der Waals surface area contributed by atoms with Crippen LogP contribution >= 0.6 is 11.8 Å². The molecule has 5 heteroatoms. The zero-order valence-corrected chi connectivity index (χ0v) is 17.1. The van der Waals surface area contributed by atoms with E-state index in [0.717, 1.165) is 43.0 Å². The van der Waals surface area contributed by atoms with Gasteiger partial charge in [-0.05, 0) is 86.0 Å². The SMILES string of the molecule is COc1cccc2c1CCCC2CCNCCc1ccc2c(c1)SCOC2=O. The van der Waals surface area contributed by atoms with Gasteiger partial charge in [-0.3, -0.25) is 0 Å². The highest BCUT2D eigenvalue weighted by molar-refractivity contribution is 7.99. The molecule has 1 aliphatic carbocycles. The van der Waals surface area contributed by atoms with E-state index in [2.05, 4.69) is 29.6 Å². The third-order valence-corrected chi connectivity index (χ3v) is 6.62. The minimum absolute atomic E-state index is 0.206. The number of hydrogen-bond donors (Lipinski definition) is 1. The molecule has 0 saturated heterocycles. The number of rotatable bonds is 7. The second-order valence-corrected chi connectivity index (χ2v) is 8.39. The number of ether oxygens (including phenoxy) is 2. The van der Waals surface area contributed by atoms with Gasteiger partial charge in [0.2, 0.25) is 0 Å². The number of esters is 1. The van der Waals surface area contributed by atoms with E-state index >= 15 is 0 Å². The summed E-state index contributed by atoms with van der Waals surface area (Å²) in [5.41, 5.74) is 4.85. The molecule has 0 aromatic heterocycles. The maximum Gasteiger partial charge on any atom is 0.340 e. The first-order valence-electron chi connectivity index (χ1n) is 10.1. The summed E-state index contributed by atoms with van der Waals surface area (Å²) in [4.78, 5) is 12.8. The molecule has 1 N–H and O–H groups in total. The number of nitrogens with one attached hydrogen (secondary N) is 1. The lowest BCUT2D eigenvalue weighted by molar-refractivity contribution is 0.0566. The first kappa shape index (κ1) is 19.3. The van der Waals surface area contributed by atoms with E-state index in [4.69, 9.17) is 9.47 Å². The van der Waals surface area contributed by atoms with Crippen molar-refractivity contribution in [3.8, 4) is 5.75 Å². The predicted molar refractivity (Wildman–Crippen MR) is 112 cm³/mol. The molecule has 2 aliphatic rings. The van der Waals surface area contributed by atoms with Crippen LogP contribution in [-0.4, -0.2) is 32.1 Å². The van der Waals surface area contributed by atoms with Gasteiger partial charge >= 0.3 is 5.97 Å². The smallest absolute Gasteiger partial charge is 0.340 e. The molecule has 1 aliphatic heterocycles. The van der Waals surface area contributed by atoms with Gasteiger partial charge in [0.25, 0.3) is 0 Å². The van der Waals surface area contributed by atoms with Crippen LogP contribution in [0.4, 0.5) is 0 Å². The maximum absolute atomic E-state index is 11.7. The number of methoxy groups -OCH3 is 1. The van der Waals surface area contributed by atoms with Gasteiger partial charge in [0.05, 0.1) is 12.7 Å². The number of fused-ring (bicyclic) bond motifs is 2. The molecule has 1 atom stereocenters. The van der Waals surface area contributed by atoms with E-state index < -0.39 is 0 Å². The molecule has 4 rings (SSSR count). The summed E-state index contributed by atoms with van der Waals surface area (Å²) in [5.74, 6) is 1.88. The van der Waals surface area contributed by atoms with Gasteiger partial charge in [-0.25, -0.2) is 4.79 Å². The Hall–Kier alpha value is -1.98. The molecule has 4 nitrogen and oxygen atoms in total. The van der Waals surface area contributed by atoms with Crippen LogP contribution in [0.2, 0.25) is 0 Å². The van der Waals surface area contributed by atoms with Crippen molar-refractivity contribution >= 4 is 17.7 Å². The average Bonchev–Trinajstić information content (AvgIpc) is 2.73. The van der Waals surface area contributed by atoms with E-state index in [-0.39, 0.29) is 5.97 Å². The van der Waals surface area contributed by atoms with Crippen LogP contribution in [0, 0.1) is 0 Å². The molecule has 0 radical (unpaired) electrons. The van der Waals surface area contributed by atoms with Crippen LogP contribution in [0.15, 0.2) is 41.3 Å². The highest BCUT2D eigenvalue weighted by Gasteiger charge is 2.22. The number of carbonyl (C=O) groups is 1. The number of benzene rings is 2. The lowest BCUT2D eigenvalue weighted by Crippen LogP contribution is -2.22. The summed E-state index contributed by atoms with van der Waals surface area (Å²) >= 11 is 1.59. The molecule has 1 unspecified atom stereocenters. The van der Waals surface area contributed by atoms with E-state index in [1.165, 1.54) is 29.5 Å². The van der Waals surface area contributed by atoms with Gasteiger partial charge in [-0.15, -0.1) is 0 Å². The van der Waals surface area contributed by atoms with Crippen molar-refractivity contribution in [1.82, 2.24) is 5.32 Å². The fourth-order valence-electron chi connectivity index (χ4n) is 4.27. The van der Waals surface area contributed by atoms with Crippen LogP contribution in [0.5, 0.6) is 5.75 Å². The first-order chi connectivity index (χ1) is 13.8. The average molecular weight is 398 g/mol. The maximum atomic E-state index is 11.7. The van der Waals surface area contributed by atoms with Crippen LogP contribution in [0.3, 0.4) is 0 Å². The second-order valence-electron chi connectivity index (χ2n) is 7.43. The molecular weight excluding hydrogens is 370 g/mol. The van der Waals surface area contributed by atoms with Crippen molar-refractivity contribution in [2.24, 2.45) is 0 Å². The Kier molecular flexibility index (Phi) is 6.23. The van der Waals surface area contributed by atoms with Crippen LogP contribution < -0.4 is 10.1 Å².